The molecule has 0 radical (unpaired) electrons. The minimum Gasteiger partial charge on any atom is -0.314 e. The Balaban J connectivity index is 3.42. The molecule has 1 unspecified atom stereocenters. The van der Waals surface area contributed by atoms with E-state index in [4.69, 9.17) is 0 Å². The molecule has 0 aromatic heterocycles. The van der Waals surface area contributed by atoms with Gasteiger partial charge in [0.25, 0.3) is 0 Å². The van der Waals surface area contributed by atoms with Gasteiger partial charge in [-0.05, 0) is 25.8 Å². The second kappa shape index (κ2) is 7.10. The molecule has 0 spiro atoms. The molecular weight excluding hydrogens is 191 g/mol. The summed E-state index contributed by atoms with van der Waals surface area (Å²) < 4.78 is 35.3. The van der Waals surface area contributed by atoms with Crippen molar-refractivity contribution in [3.05, 3.63) is 0 Å². The average molecular weight is 211 g/mol. The summed E-state index contributed by atoms with van der Waals surface area (Å²) in [4.78, 5) is 0. The van der Waals surface area contributed by atoms with Crippen LogP contribution in [0.5, 0.6) is 0 Å². The topological polar surface area (TPSA) is 12.0 Å². The van der Waals surface area contributed by atoms with Crippen LogP contribution in [-0.2, 0) is 0 Å². The lowest BCUT2D eigenvalue weighted by atomic mass is 10.1. The molecule has 0 aromatic carbocycles. The number of halogens is 3. The van der Waals surface area contributed by atoms with Crippen molar-refractivity contribution < 1.29 is 13.2 Å². The van der Waals surface area contributed by atoms with E-state index in [1.165, 1.54) is 0 Å². The molecule has 0 aliphatic carbocycles. The Morgan fingerprint density at radius 2 is 1.86 bits per heavy atom. The predicted octanol–water partition coefficient (Wildman–Crippen LogP) is 3.50. The van der Waals surface area contributed by atoms with Crippen LogP contribution < -0.4 is 5.32 Å². The first-order valence-corrected chi connectivity index (χ1v) is 5.29. The summed E-state index contributed by atoms with van der Waals surface area (Å²) in [7, 11) is 0. The van der Waals surface area contributed by atoms with Crippen molar-refractivity contribution in [2.45, 2.75) is 58.2 Å². The summed E-state index contributed by atoms with van der Waals surface area (Å²) in [6.45, 7) is 4.61. The first kappa shape index (κ1) is 13.8. The Morgan fingerprint density at radius 1 is 1.21 bits per heavy atom. The maximum absolute atomic E-state index is 11.8. The molecule has 0 rings (SSSR count). The number of rotatable bonds is 7. The van der Waals surface area contributed by atoms with Crippen LogP contribution in [0.15, 0.2) is 0 Å². The second-order valence-corrected chi connectivity index (χ2v) is 3.57. The second-order valence-electron chi connectivity index (χ2n) is 3.57. The number of hydrogen-bond donors (Lipinski definition) is 1. The summed E-state index contributed by atoms with van der Waals surface area (Å²) >= 11 is 0. The van der Waals surface area contributed by atoms with Crippen LogP contribution in [0.2, 0.25) is 0 Å². The van der Waals surface area contributed by atoms with Crippen LogP contribution >= 0.6 is 0 Å². The number of hydrogen-bond acceptors (Lipinski definition) is 1. The highest BCUT2D eigenvalue weighted by molar-refractivity contribution is 4.64. The maximum Gasteiger partial charge on any atom is 0.389 e. The minimum atomic E-state index is -4.01. The first-order chi connectivity index (χ1) is 6.49. The Hall–Kier alpha value is -0.250. The lowest BCUT2D eigenvalue weighted by molar-refractivity contribution is -0.135. The average Bonchev–Trinajstić information content (AvgIpc) is 2.08. The normalized spacial score (nSPS) is 14.4. The van der Waals surface area contributed by atoms with Gasteiger partial charge in [0.15, 0.2) is 0 Å². The molecule has 0 aliphatic rings. The molecule has 0 aliphatic heterocycles. The molecule has 4 heteroatoms. The Bertz CT molecular complexity index is 134. The van der Waals surface area contributed by atoms with E-state index in [-0.39, 0.29) is 6.42 Å². The van der Waals surface area contributed by atoms with Gasteiger partial charge in [0.05, 0.1) is 0 Å². The van der Waals surface area contributed by atoms with Gasteiger partial charge in [0, 0.05) is 12.5 Å². The van der Waals surface area contributed by atoms with Gasteiger partial charge in [-0.2, -0.15) is 13.2 Å². The fourth-order valence-corrected chi connectivity index (χ4v) is 1.39. The zero-order valence-electron chi connectivity index (χ0n) is 8.95. The molecular formula is C10H20F3N. The molecule has 14 heavy (non-hydrogen) atoms. The highest BCUT2D eigenvalue weighted by Crippen LogP contribution is 2.20. The molecule has 1 atom stereocenters. The van der Waals surface area contributed by atoms with Gasteiger partial charge in [-0.3, -0.25) is 0 Å². The monoisotopic (exact) mass is 211 g/mol. The lowest BCUT2D eigenvalue weighted by Crippen LogP contribution is -2.29. The van der Waals surface area contributed by atoms with Gasteiger partial charge >= 0.3 is 6.18 Å². The van der Waals surface area contributed by atoms with Gasteiger partial charge in [0.2, 0.25) is 0 Å². The van der Waals surface area contributed by atoms with Crippen molar-refractivity contribution in [1.82, 2.24) is 5.32 Å². The van der Waals surface area contributed by atoms with E-state index in [2.05, 4.69) is 19.2 Å². The Morgan fingerprint density at radius 3 is 2.29 bits per heavy atom. The van der Waals surface area contributed by atoms with Crippen LogP contribution in [0.4, 0.5) is 13.2 Å². The molecule has 86 valence electrons. The Labute approximate surface area is 84.1 Å². The molecule has 0 amide bonds. The van der Waals surface area contributed by atoms with Crippen LogP contribution in [0.1, 0.15) is 46.0 Å². The van der Waals surface area contributed by atoms with Crippen LogP contribution in [0.3, 0.4) is 0 Å². The van der Waals surface area contributed by atoms with Crippen molar-refractivity contribution >= 4 is 0 Å². The van der Waals surface area contributed by atoms with Crippen LogP contribution in [-0.4, -0.2) is 18.8 Å². The SMILES string of the molecule is CCCC(CC)NCCCC(F)(F)F. The highest BCUT2D eigenvalue weighted by atomic mass is 19.4. The van der Waals surface area contributed by atoms with E-state index >= 15 is 0 Å². The number of alkyl halides is 3. The van der Waals surface area contributed by atoms with Gasteiger partial charge in [0.1, 0.15) is 0 Å². The zero-order chi connectivity index (χ0) is 11.0. The summed E-state index contributed by atoms with van der Waals surface area (Å²) in [5.74, 6) is 0. The van der Waals surface area contributed by atoms with Gasteiger partial charge in [-0.1, -0.05) is 20.3 Å². The standard InChI is InChI=1S/C10H20F3N/c1-3-6-9(4-2)14-8-5-7-10(11,12)13/h9,14H,3-8H2,1-2H3. The fraction of sp³-hybridized carbons (Fsp3) is 1.00. The first-order valence-electron chi connectivity index (χ1n) is 5.29. The Kier molecular flexibility index (Phi) is 6.97. The van der Waals surface area contributed by atoms with E-state index in [0.29, 0.717) is 12.6 Å². The van der Waals surface area contributed by atoms with Crippen LogP contribution in [0.25, 0.3) is 0 Å². The summed E-state index contributed by atoms with van der Waals surface area (Å²) in [6, 6.07) is 0.383. The third-order valence-electron chi connectivity index (χ3n) is 2.20. The minimum absolute atomic E-state index is 0.184. The van der Waals surface area contributed by atoms with Crippen LogP contribution in [0, 0.1) is 0 Å². The molecule has 0 saturated carbocycles. The molecule has 0 aromatic rings. The smallest absolute Gasteiger partial charge is 0.314 e. The third kappa shape index (κ3) is 8.35. The largest absolute Gasteiger partial charge is 0.389 e. The predicted molar refractivity (Wildman–Crippen MR) is 52.3 cm³/mol. The van der Waals surface area contributed by atoms with Crippen molar-refractivity contribution in [2.75, 3.05) is 6.54 Å². The highest BCUT2D eigenvalue weighted by Gasteiger charge is 2.25. The van der Waals surface area contributed by atoms with Gasteiger partial charge < -0.3 is 5.32 Å². The van der Waals surface area contributed by atoms with Gasteiger partial charge in [-0.25, -0.2) is 0 Å². The van der Waals surface area contributed by atoms with E-state index in [1.54, 1.807) is 0 Å². The molecule has 0 heterocycles. The maximum atomic E-state index is 11.8. The zero-order valence-corrected chi connectivity index (χ0v) is 8.95. The van der Waals surface area contributed by atoms with Crippen molar-refractivity contribution in [1.29, 1.82) is 0 Å². The molecule has 0 bridgehead atoms. The van der Waals surface area contributed by atoms with Crippen molar-refractivity contribution in [2.24, 2.45) is 0 Å². The van der Waals surface area contributed by atoms with E-state index in [0.717, 1.165) is 19.3 Å². The van der Waals surface area contributed by atoms with E-state index in [1.807, 2.05) is 0 Å². The van der Waals surface area contributed by atoms with Crippen molar-refractivity contribution in [3.8, 4) is 0 Å². The molecule has 0 fully saturated rings. The fourth-order valence-electron chi connectivity index (χ4n) is 1.39. The molecule has 1 N–H and O–H groups in total. The van der Waals surface area contributed by atoms with E-state index in [9.17, 15) is 13.2 Å². The third-order valence-corrected chi connectivity index (χ3v) is 2.20. The molecule has 0 saturated heterocycles. The quantitative estimate of drug-likeness (QED) is 0.635. The summed E-state index contributed by atoms with van der Waals surface area (Å²) in [5, 5.41) is 3.14. The molecule has 1 nitrogen and oxygen atoms in total. The lowest BCUT2D eigenvalue weighted by Gasteiger charge is -2.16. The van der Waals surface area contributed by atoms with Crippen molar-refractivity contribution in [3.63, 3.8) is 0 Å². The van der Waals surface area contributed by atoms with Gasteiger partial charge in [-0.15, -0.1) is 0 Å². The summed E-state index contributed by atoms with van der Waals surface area (Å²) in [5.41, 5.74) is 0. The summed E-state index contributed by atoms with van der Waals surface area (Å²) in [6.07, 6.45) is -1.40. The van der Waals surface area contributed by atoms with E-state index < -0.39 is 12.6 Å². The number of nitrogens with one attached hydrogen (secondary N) is 1.